The third-order valence-electron chi connectivity index (χ3n) is 3.00. The Morgan fingerprint density at radius 3 is 2.06 bits per heavy atom. The summed E-state index contributed by atoms with van der Waals surface area (Å²) in [5, 5.41) is 3.57. The van der Waals surface area contributed by atoms with Crippen molar-refractivity contribution in [2.24, 2.45) is 0 Å². The fourth-order valence-electron chi connectivity index (χ4n) is 2.38. The van der Waals surface area contributed by atoms with Gasteiger partial charge in [0.15, 0.2) is 0 Å². The van der Waals surface area contributed by atoms with Crippen LogP contribution in [-0.2, 0) is 9.53 Å². The first-order valence-corrected chi connectivity index (χ1v) is 7.04. The number of hydrogen-bond acceptors (Lipinski definition) is 3. The Labute approximate surface area is 106 Å². The second-order valence-electron chi connectivity index (χ2n) is 4.69. The van der Waals surface area contributed by atoms with Gasteiger partial charge in [-0.25, -0.2) is 0 Å². The smallest absolute Gasteiger partial charge is 0.307 e. The average Bonchev–Trinajstić information content (AvgIpc) is 2.27. The standard InChI is InChI=1S/C14H29NO2/c1-5-9-14(10-6-2,15-11-7-3)12-13(16)17-8-4/h15H,5-12H2,1-4H3. The Kier molecular flexibility index (Phi) is 9.14. The van der Waals surface area contributed by atoms with E-state index in [4.69, 9.17) is 4.74 Å². The lowest BCUT2D eigenvalue weighted by molar-refractivity contribution is -0.145. The molecule has 3 nitrogen and oxygen atoms in total. The summed E-state index contributed by atoms with van der Waals surface area (Å²) in [4.78, 5) is 11.7. The summed E-state index contributed by atoms with van der Waals surface area (Å²) in [6.07, 6.45) is 5.87. The lowest BCUT2D eigenvalue weighted by Gasteiger charge is -2.34. The van der Waals surface area contributed by atoms with Crippen molar-refractivity contribution >= 4 is 5.97 Å². The van der Waals surface area contributed by atoms with E-state index >= 15 is 0 Å². The van der Waals surface area contributed by atoms with Crippen LogP contribution in [0.3, 0.4) is 0 Å². The molecule has 0 aliphatic heterocycles. The van der Waals surface area contributed by atoms with Crippen LogP contribution in [0, 0.1) is 0 Å². The molecule has 17 heavy (non-hydrogen) atoms. The van der Waals surface area contributed by atoms with Gasteiger partial charge >= 0.3 is 5.97 Å². The van der Waals surface area contributed by atoms with E-state index in [2.05, 4.69) is 26.1 Å². The Bertz CT molecular complexity index is 198. The zero-order valence-corrected chi connectivity index (χ0v) is 12.0. The molecule has 0 spiro atoms. The van der Waals surface area contributed by atoms with E-state index in [1.807, 2.05) is 6.92 Å². The van der Waals surface area contributed by atoms with Gasteiger partial charge in [-0.15, -0.1) is 0 Å². The van der Waals surface area contributed by atoms with Crippen LogP contribution in [0.1, 0.15) is 66.2 Å². The fraction of sp³-hybridized carbons (Fsp3) is 0.929. The van der Waals surface area contributed by atoms with Gasteiger partial charge in [0.25, 0.3) is 0 Å². The van der Waals surface area contributed by atoms with Crippen molar-refractivity contribution in [3.8, 4) is 0 Å². The maximum absolute atomic E-state index is 11.7. The molecule has 102 valence electrons. The zero-order chi connectivity index (χ0) is 13.1. The van der Waals surface area contributed by atoms with Crippen molar-refractivity contribution < 1.29 is 9.53 Å². The third kappa shape index (κ3) is 6.67. The highest BCUT2D eigenvalue weighted by molar-refractivity contribution is 5.70. The molecule has 0 heterocycles. The molecule has 3 heteroatoms. The fourth-order valence-corrected chi connectivity index (χ4v) is 2.38. The summed E-state index contributed by atoms with van der Waals surface area (Å²) >= 11 is 0. The average molecular weight is 243 g/mol. The lowest BCUT2D eigenvalue weighted by atomic mass is 9.85. The van der Waals surface area contributed by atoms with Crippen LogP contribution in [0.15, 0.2) is 0 Å². The van der Waals surface area contributed by atoms with Crippen molar-refractivity contribution in [1.29, 1.82) is 0 Å². The summed E-state index contributed by atoms with van der Waals surface area (Å²) in [5.41, 5.74) is -0.0498. The molecular formula is C14H29NO2. The third-order valence-corrected chi connectivity index (χ3v) is 3.00. The minimum absolute atomic E-state index is 0.0498. The normalized spacial score (nSPS) is 11.5. The van der Waals surface area contributed by atoms with Crippen molar-refractivity contribution in [1.82, 2.24) is 5.32 Å². The first kappa shape index (κ1) is 16.4. The van der Waals surface area contributed by atoms with Crippen LogP contribution in [0.25, 0.3) is 0 Å². The van der Waals surface area contributed by atoms with Crippen molar-refractivity contribution in [2.45, 2.75) is 71.8 Å². The molecule has 0 aliphatic carbocycles. The monoisotopic (exact) mass is 243 g/mol. The molecule has 0 radical (unpaired) electrons. The second kappa shape index (κ2) is 9.46. The maximum Gasteiger partial charge on any atom is 0.307 e. The minimum Gasteiger partial charge on any atom is -0.466 e. The van der Waals surface area contributed by atoms with Gasteiger partial charge in [0.05, 0.1) is 13.0 Å². The number of carbonyl (C=O) groups is 1. The number of rotatable bonds is 10. The van der Waals surface area contributed by atoms with Gasteiger partial charge in [0.2, 0.25) is 0 Å². The Hall–Kier alpha value is -0.570. The summed E-state index contributed by atoms with van der Waals surface area (Å²) < 4.78 is 5.09. The van der Waals surface area contributed by atoms with Gasteiger partial charge < -0.3 is 10.1 Å². The van der Waals surface area contributed by atoms with Crippen LogP contribution in [0.5, 0.6) is 0 Å². The van der Waals surface area contributed by atoms with Crippen molar-refractivity contribution in [2.75, 3.05) is 13.2 Å². The van der Waals surface area contributed by atoms with Crippen molar-refractivity contribution in [3.05, 3.63) is 0 Å². The van der Waals surface area contributed by atoms with E-state index in [-0.39, 0.29) is 11.5 Å². The summed E-state index contributed by atoms with van der Waals surface area (Å²) in [6.45, 7) is 9.80. The molecule has 0 saturated carbocycles. The van der Waals surface area contributed by atoms with E-state index in [0.29, 0.717) is 13.0 Å². The highest BCUT2D eigenvalue weighted by Gasteiger charge is 2.30. The van der Waals surface area contributed by atoms with Crippen LogP contribution in [0.4, 0.5) is 0 Å². The number of carbonyl (C=O) groups excluding carboxylic acids is 1. The maximum atomic E-state index is 11.7. The van der Waals surface area contributed by atoms with Gasteiger partial charge in [-0.1, -0.05) is 33.6 Å². The Morgan fingerprint density at radius 2 is 1.65 bits per heavy atom. The summed E-state index contributed by atoms with van der Waals surface area (Å²) in [5.74, 6) is -0.0713. The van der Waals surface area contributed by atoms with Gasteiger partial charge in [-0.05, 0) is 32.7 Å². The quantitative estimate of drug-likeness (QED) is 0.598. The van der Waals surface area contributed by atoms with E-state index in [1.54, 1.807) is 0 Å². The molecule has 0 amide bonds. The largest absolute Gasteiger partial charge is 0.466 e. The first-order chi connectivity index (χ1) is 8.14. The lowest BCUT2D eigenvalue weighted by Crippen LogP contribution is -2.47. The van der Waals surface area contributed by atoms with Gasteiger partial charge in [0.1, 0.15) is 0 Å². The summed E-state index contributed by atoms with van der Waals surface area (Å²) in [6, 6.07) is 0. The molecule has 0 aromatic heterocycles. The van der Waals surface area contributed by atoms with E-state index < -0.39 is 0 Å². The van der Waals surface area contributed by atoms with Crippen molar-refractivity contribution in [3.63, 3.8) is 0 Å². The topological polar surface area (TPSA) is 38.3 Å². The number of esters is 1. The molecule has 0 fully saturated rings. The molecule has 0 atom stereocenters. The molecule has 0 bridgehead atoms. The van der Waals surface area contributed by atoms with Crippen LogP contribution >= 0.6 is 0 Å². The van der Waals surface area contributed by atoms with Gasteiger partial charge in [0, 0.05) is 5.54 Å². The number of hydrogen-bond donors (Lipinski definition) is 1. The SMILES string of the molecule is CCCNC(CCC)(CCC)CC(=O)OCC. The molecule has 0 unspecified atom stereocenters. The van der Waals surface area contributed by atoms with E-state index in [9.17, 15) is 4.79 Å². The van der Waals surface area contributed by atoms with Crippen LogP contribution in [-0.4, -0.2) is 24.7 Å². The number of nitrogens with one attached hydrogen (secondary N) is 1. The summed E-state index contributed by atoms with van der Waals surface area (Å²) in [7, 11) is 0. The highest BCUT2D eigenvalue weighted by Crippen LogP contribution is 2.24. The Balaban J connectivity index is 4.56. The molecule has 0 aliphatic rings. The highest BCUT2D eigenvalue weighted by atomic mass is 16.5. The number of ether oxygens (including phenoxy) is 1. The van der Waals surface area contributed by atoms with E-state index in [1.165, 1.54) is 0 Å². The van der Waals surface area contributed by atoms with Gasteiger partial charge in [-0.3, -0.25) is 4.79 Å². The predicted molar refractivity (Wildman–Crippen MR) is 72.1 cm³/mol. The molecule has 1 N–H and O–H groups in total. The van der Waals surface area contributed by atoms with Gasteiger partial charge in [-0.2, -0.15) is 0 Å². The predicted octanol–water partition coefficient (Wildman–Crippen LogP) is 3.28. The molecular weight excluding hydrogens is 214 g/mol. The van der Waals surface area contributed by atoms with Crippen LogP contribution < -0.4 is 5.32 Å². The first-order valence-electron chi connectivity index (χ1n) is 7.04. The zero-order valence-electron chi connectivity index (χ0n) is 12.0. The molecule has 0 aromatic carbocycles. The Morgan fingerprint density at radius 1 is 1.06 bits per heavy atom. The van der Waals surface area contributed by atoms with E-state index in [0.717, 1.165) is 38.6 Å². The molecule has 0 rings (SSSR count). The second-order valence-corrected chi connectivity index (χ2v) is 4.69. The minimum atomic E-state index is -0.0713. The molecule has 0 aromatic rings. The van der Waals surface area contributed by atoms with Crippen LogP contribution in [0.2, 0.25) is 0 Å². The molecule has 0 saturated heterocycles.